The van der Waals surface area contributed by atoms with Gasteiger partial charge in [0.2, 0.25) is 11.8 Å². The zero-order valence-electron chi connectivity index (χ0n) is 9.93. The molecule has 1 rings (SSSR count). The Bertz CT molecular complexity index is 404. The third kappa shape index (κ3) is 5.40. The molecule has 0 atom stereocenters. The maximum absolute atomic E-state index is 12.7. The highest BCUT2D eigenvalue weighted by molar-refractivity contribution is 5.79. The lowest BCUT2D eigenvalue weighted by Crippen LogP contribution is -2.40. The van der Waals surface area contributed by atoms with Crippen molar-refractivity contribution in [3.05, 3.63) is 35.6 Å². The van der Waals surface area contributed by atoms with Gasteiger partial charge < -0.3 is 11.5 Å². The van der Waals surface area contributed by atoms with Crippen molar-refractivity contribution in [3.8, 4) is 0 Å². The van der Waals surface area contributed by atoms with E-state index >= 15 is 0 Å². The summed E-state index contributed by atoms with van der Waals surface area (Å²) in [7, 11) is 0. The van der Waals surface area contributed by atoms with Crippen LogP contribution in [0, 0.1) is 5.82 Å². The van der Waals surface area contributed by atoms with E-state index in [-0.39, 0.29) is 18.9 Å². The Labute approximate surface area is 105 Å². The SMILES string of the molecule is NC(=O)CN(CCc1ccc(F)cc1)CC(N)=O. The van der Waals surface area contributed by atoms with E-state index < -0.39 is 11.8 Å². The maximum Gasteiger partial charge on any atom is 0.231 e. The van der Waals surface area contributed by atoms with E-state index in [1.165, 1.54) is 12.1 Å². The van der Waals surface area contributed by atoms with Crippen LogP contribution in [0.1, 0.15) is 5.56 Å². The predicted molar refractivity (Wildman–Crippen MR) is 64.9 cm³/mol. The molecule has 0 aliphatic heterocycles. The molecule has 0 saturated carbocycles. The molecule has 5 nitrogen and oxygen atoms in total. The summed E-state index contributed by atoms with van der Waals surface area (Å²) in [5.74, 6) is -1.34. The number of nitrogens with two attached hydrogens (primary N) is 2. The van der Waals surface area contributed by atoms with E-state index in [1.54, 1.807) is 17.0 Å². The number of hydrogen-bond acceptors (Lipinski definition) is 3. The summed E-state index contributed by atoms with van der Waals surface area (Å²) >= 11 is 0. The first-order valence-electron chi connectivity index (χ1n) is 5.51. The molecule has 0 aliphatic rings. The second-order valence-electron chi connectivity index (χ2n) is 4.02. The summed E-state index contributed by atoms with van der Waals surface area (Å²) in [4.78, 5) is 23.2. The first kappa shape index (κ1) is 14.1. The average molecular weight is 253 g/mol. The topological polar surface area (TPSA) is 89.4 Å². The fourth-order valence-electron chi connectivity index (χ4n) is 1.59. The standard InChI is InChI=1S/C12H16FN3O2/c13-10-3-1-9(2-4-10)5-6-16(7-11(14)17)8-12(15)18/h1-4H,5-8H2,(H2,14,17)(H2,15,18). The van der Waals surface area contributed by atoms with Gasteiger partial charge >= 0.3 is 0 Å². The molecule has 18 heavy (non-hydrogen) atoms. The number of carbonyl (C=O) groups is 2. The van der Waals surface area contributed by atoms with E-state index in [4.69, 9.17) is 11.5 Å². The molecule has 1 aromatic carbocycles. The largest absolute Gasteiger partial charge is 0.369 e. The van der Waals surface area contributed by atoms with Gasteiger partial charge in [-0.15, -0.1) is 0 Å². The van der Waals surface area contributed by atoms with Crippen LogP contribution in [-0.4, -0.2) is 36.3 Å². The Hall–Kier alpha value is -1.95. The van der Waals surface area contributed by atoms with Gasteiger partial charge in [0.1, 0.15) is 5.82 Å². The molecule has 0 unspecified atom stereocenters. The number of rotatable bonds is 7. The van der Waals surface area contributed by atoms with Crippen LogP contribution >= 0.6 is 0 Å². The maximum atomic E-state index is 12.7. The minimum absolute atomic E-state index is 0.0237. The Morgan fingerprint density at radius 3 is 2.00 bits per heavy atom. The van der Waals surface area contributed by atoms with Gasteiger partial charge in [0, 0.05) is 6.54 Å². The van der Waals surface area contributed by atoms with E-state index in [0.717, 1.165) is 5.56 Å². The highest BCUT2D eigenvalue weighted by Crippen LogP contribution is 2.04. The van der Waals surface area contributed by atoms with E-state index in [2.05, 4.69) is 0 Å². The van der Waals surface area contributed by atoms with Crippen molar-refractivity contribution in [2.45, 2.75) is 6.42 Å². The summed E-state index contributed by atoms with van der Waals surface area (Å²) in [6, 6.07) is 6.04. The van der Waals surface area contributed by atoms with Crippen molar-refractivity contribution in [2.24, 2.45) is 11.5 Å². The summed E-state index contributed by atoms with van der Waals surface area (Å²) in [6.45, 7) is 0.409. The van der Waals surface area contributed by atoms with Gasteiger partial charge in [-0.2, -0.15) is 0 Å². The van der Waals surface area contributed by atoms with Gasteiger partial charge in [0.05, 0.1) is 13.1 Å². The van der Waals surface area contributed by atoms with Crippen LogP contribution in [0.2, 0.25) is 0 Å². The van der Waals surface area contributed by atoms with Gasteiger partial charge in [-0.05, 0) is 24.1 Å². The molecule has 0 fully saturated rings. The molecular weight excluding hydrogens is 237 g/mol. The van der Waals surface area contributed by atoms with Crippen molar-refractivity contribution in [3.63, 3.8) is 0 Å². The Kier molecular flexibility index (Phi) is 5.26. The predicted octanol–water partition coefficient (Wildman–Crippen LogP) is -0.359. The van der Waals surface area contributed by atoms with Gasteiger partial charge in [0.25, 0.3) is 0 Å². The third-order valence-electron chi connectivity index (χ3n) is 2.39. The lowest BCUT2D eigenvalue weighted by atomic mass is 10.1. The van der Waals surface area contributed by atoms with Crippen LogP contribution in [0.25, 0.3) is 0 Å². The number of primary amides is 2. The highest BCUT2D eigenvalue weighted by Gasteiger charge is 2.11. The monoisotopic (exact) mass is 253 g/mol. The molecule has 0 bridgehead atoms. The molecule has 1 aromatic rings. The van der Waals surface area contributed by atoms with Crippen LogP contribution in [0.5, 0.6) is 0 Å². The van der Waals surface area contributed by atoms with Crippen LogP contribution in [0.15, 0.2) is 24.3 Å². The van der Waals surface area contributed by atoms with Crippen molar-refractivity contribution in [1.82, 2.24) is 4.90 Å². The minimum atomic E-state index is -0.518. The summed E-state index contributed by atoms with van der Waals surface area (Å²) in [5, 5.41) is 0. The number of benzene rings is 1. The number of nitrogens with zero attached hydrogens (tertiary/aromatic N) is 1. The molecule has 2 amide bonds. The van der Waals surface area contributed by atoms with E-state index in [1.807, 2.05) is 0 Å². The summed E-state index contributed by atoms with van der Waals surface area (Å²) < 4.78 is 12.7. The van der Waals surface area contributed by atoms with Crippen molar-refractivity contribution >= 4 is 11.8 Å². The van der Waals surface area contributed by atoms with E-state index in [0.29, 0.717) is 13.0 Å². The highest BCUT2D eigenvalue weighted by atomic mass is 19.1. The second-order valence-corrected chi connectivity index (χ2v) is 4.02. The normalized spacial score (nSPS) is 10.6. The fraction of sp³-hybridized carbons (Fsp3) is 0.333. The number of carbonyl (C=O) groups excluding carboxylic acids is 2. The van der Waals surface area contributed by atoms with Crippen molar-refractivity contribution < 1.29 is 14.0 Å². The molecule has 6 heteroatoms. The van der Waals surface area contributed by atoms with Crippen LogP contribution in [0.3, 0.4) is 0 Å². The molecule has 0 spiro atoms. The lowest BCUT2D eigenvalue weighted by Gasteiger charge is -2.18. The summed E-state index contributed by atoms with van der Waals surface area (Å²) in [6.07, 6.45) is 0.584. The average Bonchev–Trinajstić information content (AvgIpc) is 2.26. The number of hydrogen-bond donors (Lipinski definition) is 2. The molecule has 0 aromatic heterocycles. The lowest BCUT2D eigenvalue weighted by molar-refractivity contribution is -0.121. The minimum Gasteiger partial charge on any atom is -0.369 e. The zero-order chi connectivity index (χ0) is 13.5. The van der Waals surface area contributed by atoms with Gasteiger partial charge in [-0.25, -0.2) is 4.39 Å². The molecule has 98 valence electrons. The van der Waals surface area contributed by atoms with Crippen LogP contribution in [0.4, 0.5) is 4.39 Å². The van der Waals surface area contributed by atoms with Crippen LogP contribution in [-0.2, 0) is 16.0 Å². The zero-order valence-corrected chi connectivity index (χ0v) is 9.93. The smallest absolute Gasteiger partial charge is 0.231 e. The fourth-order valence-corrected chi connectivity index (χ4v) is 1.59. The molecule has 0 heterocycles. The van der Waals surface area contributed by atoms with Gasteiger partial charge in [-0.1, -0.05) is 12.1 Å². The van der Waals surface area contributed by atoms with Gasteiger partial charge in [0.15, 0.2) is 0 Å². The van der Waals surface area contributed by atoms with Crippen LogP contribution < -0.4 is 11.5 Å². The number of amides is 2. The molecule has 0 radical (unpaired) electrons. The molecule has 0 saturated heterocycles. The Morgan fingerprint density at radius 1 is 1.06 bits per heavy atom. The van der Waals surface area contributed by atoms with E-state index in [9.17, 15) is 14.0 Å². The first-order valence-corrected chi connectivity index (χ1v) is 5.51. The summed E-state index contributed by atoms with van der Waals surface area (Å²) in [5.41, 5.74) is 11.1. The van der Waals surface area contributed by atoms with Gasteiger partial charge in [-0.3, -0.25) is 14.5 Å². The molecule has 0 aliphatic carbocycles. The molecule has 4 N–H and O–H groups in total. The quantitative estimate of drug-likeness (QED) is 0.695. The first-order chi connectivity index (χ1) is 8.47. The Balaban J connectivity index is 2.52. The third-order valence-corrected chi connectivity index (χ3v) is 2.39. The Morgan fingerprint density at radius 2 is 1.56 bits per heavy atom. The second kappa shape index (κ2) is 6.70. The molecular formula is C12H16FN3O2. The van der Waals surface area contributed by atoms with Crippen molar-refractivity contribution in [1.29, 1.82) is 0 Å². The number of halogens is 1. The van der Waals surface area contributed by atoms with Crippen molar-refractivity contribution in [2.75, 3.05) is 19.6 Å².